The van der Waals surface area contributed by atoms with Crippen molar-refractivity contribution in [1.82, 2.24) is 15.1 Å². The van der Waals surface area contributed by atoms with E-state index in [2.05, 4.69) is 32.9 Å². The Morgan fingerprint density at radius 2 is 2.33 bits per heavy atom. The first-order valence-corrected chi connectivity index (χ1v) is 5.42. The van der Waals surface area contributed by atoms with Gasteiger partial charge in [0.2, 0.25) is 5.91 Å². The molecule has 1 rings (SSSR count). The second-order valence-electron chi connectivity index (χ2n) is 3.24. The number of aromatic nitrogens is 2. The summed E-state index contributed by atoms with van der Waals surface area (Å²) in [6.07, 6.45) is 1.65. The van der Waals surface area contributed by atoms with Gasteiger partial charge in [-0.25, -0.2) is 0 Å². The molecular formula is C10H14BrN3O. The van der Waals surface area contributed by atoms with Crippen LogP contribution in [0.25, 0.3) is 0 Å². The predicted octanol–water partition coefficient (Wildman–Crippen LogP) is 1.56. The van der Waals surface area contributed by atoms with Crippen LogP contribution < -0.4 is 5.32 Å². The summed E-state index contributed by atoms with van der Waals surface area (Å²) < 4.78 is 2.64. The first-order chi connectivity index (χ1) is 7.06. The van der Waals surface area contributed by atoms with Gasteiger partial charge in [0.25, 0.3) is 0 Å². The lowest BCUT2D eigenvalue weighted by Gasteiger charge is -2.04. The Labute approximate surface area is 97.5 Å². The van der Waals surface area contributed by atoms with Gasteiger partial charge in [-0.1, -0.05) is 6.08 Å². The SMILES string of the molecule is C=CCNC(=O)Cn1nc(C)c(Br)c1C. The molecule has 1 aromatic heterocycles. The highest BCUT2D eigenvalue weighted by Crippen LogP contribution is 2.19. The maximum absolute atomic E-state index is 11.4. The van der Waals surface area contributed by atoms with Gasteiger partial charge in [-0.3, -0.25) is 9.48 Å². The topological polar surface area (TPSA) is 46.9 Å². The smallest absolute Gasteiger partial charge is 0.241 e. The van der Waals surface area contributed by atoms with E-state index >= 15 is 0 Å². The zero-order valence-electron chi connectivity index (χ0n) is 8.88. The molecule has 0 aliphatic rings. The van der Waals surface area contributed by atoms with Crippen LogP contribution in [0.4, 0.5) is 0 Å². The van der Waals surface area contributed by atoms with Gasteiger partial charge >= 0.3 is 0 Å². The summed E-state index contributed by atoms with van der Waals surface area (Å²) in [4.78, 5) is 11.4. The van der Waals surface area contributed by atoms with Gasteiger partial charge in [0.05, 0.1) is 15.9 Å². The van der Waals surface area contributed by atoms with Crippen molar-refractivity contribution < 1.29 is 4.79 Å². The van der Waals surface area contributed by atoms with Gasteiger partial charge in [-0.15, -0.1) is 6.58 Å². The minimum Gasteiger partial charge on any atom is -0.351 e. The highest BCUT2D eigenvalue weighted by Gasteiger charge is 2.10. The second-order valence-corrected chi connectivity index (χ2v) is 4.03. The monoisotopic (exact) mass is 271 g/mol. The van der Waals surface area contributed by atoms with Crippen molar-refractivity contribution >= 4 is 21.8 Å². The Kier molecular flexibility index (Phi) is 4.08. The maximum Gasteiger partial charge on any atom is 0.241 e. The Morgan fingerprint density at radius 3 is 2.80 bits per heavy atom. The van der Waals surface area contributed by atoms with Gasteiger partial charge in [0.1, 0.15) is 6.54 Å². The lowest BCUT2D eigenvalue weighted by molar-refractivity contribution is -0.121. The van der Waals surface area contributed by atoms with Crippen molar-refractivity contribution in [3.63, 3.8) is 0 Å². The largest absolute Gasteiger partial charge is 0.351 e. The quantitative estimate of drug-likeness (QED) is 0.846. The van der Waals surface area contributed by atoms with Crippen molar-refractivity contribution in [1.29, 1.82) is 0 Å². The van der Waals surface area contributed by atoms with E-state index in [0.29, 0.717) is 6.54 Å². The fraction of sp³-hybridized carbons (Fsp3) is 0.400. The van der Waals surface area contributed by atoms with E-state index in [-0.39, 0.29) is 12.5 Å². The molecule has 0 aliphatic heterocycles. The summed E-state index contributed by atoms with van der Waals surface area (Å²) in [5.41, 5.74) is 1.85. The summed E-state index contributed by atoms with van der Waals surface area (Å²) in [5.74, 6) is -0.0620. The predicted molar refractivity (Wildman–Crippen MR) is 62.6 cm³/mol. The molecule has 0 unspecified atom stereocenters. The molecule has 0 spiro atoms. The number of nitrogens with zero attached hydrogens (tertiary/aromatic N) is 2. The average molecular weight is 272 g/mol. The Balaban J connectivity index is 2.68. The summed E-state index contributed by atoms with van der Waals surface area (Å²) in [6.45, 7) is 8.08. The number of carbonyl (C=O) groups excluding carboxylic acids is 1. The van der Waals surface area contributed by atoms with Gasteiger partial charge in [-0.05, 0) is 29.8 Å². The third-order valence-electron chi connectivity index (χ3n) is 2.03. The standard InChI is InChI=1S/C10H14BrN3O/c1-4-5-12-9(15)6-14-8(3)10(11)7(2)13-14/h4H,1,5-6H2,2-3H3,(H,12,15). The highest BCUT2D eigenvalue weighted by molar-refractivity contribution is 9.10. The number of hydrogen-bond acceptors (Lipinski definition) is 2. The van der Waals surface area contributed by atoms with Gasteiger partial charge < -0.3 is 5.32 Å². The highest BCUT2D eigenvalue weighted by atomic mass is 79.9. The molecule has 0 fully saturated rings. The molecule has 0 bridgehead atoms. The molecule has 0 saturated heterocycles. The lowest BCUT2D eigenvalue weighted by Crippen LogP contribution is -2.28. The molecule has 82 valence electrons. The lowest BCUT2D eigenvalue weighted by atomic mass is 10.4. The molecule has 0 saturated carbocycles. The van der Waals surface area contributed by atoms with Crippen LogP contribution in [0, 0.1) is 13.8 Å². The van der Waals surface area contributed by atoms with E-state index in [4.69, 9.17) is 0 Å². The molecule has 1 heterocycles. The molecule has 0 aromatic carbocycles. The molecule has 15 heavy (non-hydrogen) atoms. The van der Waals surface area contributed by atoms with Crippen molar-refractivity contribution in [2.24, 2.45) is 0 Å². The third-order valence-corrected chi connectivity index (χ3v) is 3.18. The zero-order chi connectivity index (χ0) is 11.4. The van der Waals surface area contributed by atoms with Crippen molar-refractivity contribution in [3.8, 4) is 0 Å². The average Bonchev–Trinajstić information content (AvgIpc) is 2.43. The van der Waals surface area contributed by atoms with Crippen LogP contribution >= 0.6 is 15.9 Å². The molecule has 0 atom stereocenters. The minimum absolute atomic E-state index is 0.0620. The first kappa shape index (κ1) is 12.0. The van der Waals surface area contributed by atoms with Crippen LogP contribution in [0.3, 0.4) is 0 Å². The second kappa shape index (κ2) is 5.11. The van der Waals surface area contributed by atoms with Crippen LogP contribution in [0.15, 0.2) is 17.1 Å². The van der Waals surface area contributed by atoms with E-state index in [9.17, 15) is 4.79 Å². The molecule has 0 radical (unpaired) electrons. The minimum atomic E-state index is -0.0620. The number of nitrogens with one attached hydrogen (secondary N) is 1. The third kappa shape index (κ3) is 2.92. The molecule has 1 amide bonds. The van der Waals surface area contributed by atoms with Crippen LogP contribution in [0.1, 0.15) is 11.4 Å². The number of rotatable bonds is 4. The number of halogens is 1. The van der Waals surface area contributed by atoms with Gasteiger partial charge in [-0.2, -0.15) is 5.10 Å². The van der Waals surface area contributed by atoms with Crippen molar-refractivity contribution in [2.45, 2.75) is 20.4 Å². The Bertz CT molecular complexity index is 384. The first-order valence-electron chi connectivity index (χ1n) is 4.63. The van der Waals surface area contributed by atoms with E-state index in [1.807, 2.05) is 13.8 Å². The Hall–Kier alpha value is -1.10. The van der Waals surface area contributed by atoms with Crippen LogP contribution in [0.5, 0.6) is 0 Å². The Morgan fingerprint density at radius 1 is 1.67 bits per heavy atom. The number of aryl methyl sites for hydroxylation is 1. The fourth-order valence-electron chi connectivity index (χ4n) is 1.21. The molecule has 1 N–H and O–H groups in total. The van der Waals surface area contributed by atoms with E-state index in [1.165, 1.54) is 0 Å². The van der Waals surface area contributed by atoms with Crippen LogP contribution in [-0.4, -0.2) is 22.2 Å². The molecule has 4 nitrogen and oxygen atoms in total. The fourth-order valence-corrected chi connectivity index (χ4v) is 1.49. The van der Waals surface area contributed by atoms with Crippen LogP contribution in [0.2, 0.25) is 0 Å². The maximum atomic E-state index is 11.4. The number of carbonyl (C=O) groups is 1. The van der Waals surface area contributed by atoms with Crippen molar-refractivity contribution in [2.75, 3.05) is 6.54 Å². The van der Waals surface area contributed by atoms with Crippen molar-refractivity contribution in [3.05, 3.63) is 28.5 Å². The summed E-state index contributed by atoms with van der Waals surface area (Å²) in [7, 11) is 0. The van der Waals surface area contributed by atoms with Gasteiger partial charge in [0, 0.05) is 6.54 Å². The summed E-state index contributed by atoms with van der Waals surface area (Å²) in [5, 5.41) is 6.94. The molecular weight excluding hydrogens is 258 g/mol. The van der Waals surface area contributed by atoms with E-state index < -0.39 is 0 Å². The molecule has 0 aliphatic carbocycles. The van der Waals surface area contributed by atoms with E-state index in [0.717, 1.165) is 15.9 Å². The number of amides is 1. The summed E-state index contributed by atoms with van der Waals surface area (Å²) in [6, 6.07) is 0. The van der Waals surface area contributed by atoms with Gasteiger partial charge in [0.15, 0.2) is 0 Å². The molecule has 5 heteroatoms. The molecule has 1 aromatic rings. The summed E-state index contributed by atoms with van der Waals surface area (Å²) >= 11 is 3.41. The van der Waals surface area contributed by atoms with E-state index in [1.54, 1.807) is 10.8 Å². The van der Waals surface area contributed by atoms with Crippen LogP contribution in [-0.2, 0) is 11.3 Å². The zero-order valence-corrected chi connectivity index (χ0v) is 10.5. The number of hydrogen-bond donors (Lipinski definition) is 1. The normalized spacial score (nSPS) is 10.1.